The van der Waals surface area contributed by atoms with Gasteiger partial charge in [-0.15, -0.1) is 0 Å². The Labute approximate surface area is 185 Å². The molecule has 0 saturated carbocycles. The van der Waals surface area contributed by atoms with E-state index in [1.54, 1.807) is 6.92 Å². The van der Waals surface area contributed by atoms with Gasteiger partial charge in [0.1, 0.15) is 5.75 Å². The molecule has 2 aromatic carbocycles. The van der Waals surface area contributed by atoms with Crippen LogP contribution in [0.4, 0.5) is 22.0 Å². The van der Waals surface area contributed by atoms with E-state index < -0.39 is 34.6 Å². The molecule has 0 bridgehead atoms. The monoisotopic (exact) mass is 450 g/mol. The molecular formula is C26H27F5O. The molecule has 6 heteroatoms. The first-order valence-electron chi connectivity index (χ1n) is 10.7. The molecule has 0 saturated heterocycles. The third-order valence-corrected chi connectivity index (χ3v) is 5.70. The van der Waals surface area contributed by atoms with E-state index in [2.05, 4.69) is 0 Å². The van der Waals surface area contributed by atoms with Crippen LogP contribution in [0.25, 0.3) is 16.7 Å². The summed E-state index contributed by atoms with van der Waals surface area (Å²) in [6.45, 7) is 9.31. The molecule has 0 spiro atoms. The van der Waals surface area contributed by atoms with Crippen LogP contribution in [-0.4, -0.2) is 5.11 Å². The molecule has 2 aromatic rings. The van der Waals surface area contributed by atoms with Crippen LogP contribution < -0.4 is 0 Å². The molecule has 0 fully saturated rings. The maximum atomic E-state index is 14.9. The molecule has 0 aromatic heterocycles. The highest BCUT2D eigenvalue weighted by Crippen LogP contribution is 2.46. The van der Waals surface area contributed by atoms with Crippen molar-refractivity contribution in [1.29, 1.82) is 0 Å². The minimum Gasteiger partial charge on any atom is -0.507 e. The van der Waals surface area contributed by atoms with Gasteiger partial charge in [0.05, 0.1) is 5.56 Å². The molecule has 0 aliphatic heterocycles. The van der Waals surface area contributed by atoms with E-state index in [4.69, 9.17) is 0 Å². The average molecular weight is 450 g/mol. The molecule has 0 unspecified atom stereocenters. The van der Waals surface area contributed by atoms with Crippen molar-refractivity contribution < 1.29 is 27.1 Å². The maximum Gasteiger partial charge on any atom is 0.200 e. The normalized spacial score (nSPS) is 13.6. The Bertz CT molecular complexity index is 1100. The summed E-state index contributed by atoms with van der Waals surface area (Å²) < 4.78 is 71.8. The third-order valence-electron chi connectivity index (χ3n) is 5.70. The largest absolute Gasteiger partial charge is 0.507 e. The molecule has 32 heavy (non-hydrogen) atoms. The summed E-state index contributed by atoms with van der Waals surface area (Å²) in [6, 6.07) is 0. The Kier molecular flexibility index (Phi) is 6.82. The fourth-order valence-electron chi connectivity index (χ4n) is 4.44. The summed E-state index contributed by atoms with van der Waals surface area (Å²) >= 11 is 0. The van der Waals surface area contributed by atoms with Crippen LogP contribution in [0.5, 0.6) is 5.75 Å². The van der Waals surface area contributed by atoms with Crippen LogP contribution in [-0.2, 0) is 12.8 Å². The highest BCUT2D eigenvalue weighted by atomic mass is 19.2. The molecule has 1 aliphatic carbocycles. The van der Waals surface area contributed by atoms with Crippen molar-refractivity contribution >= 4 is 5.57 Å². The van der Waals surface area contributed by atoms with E-state index in [1.807, 2.05) is 45.9 Å². The zero-order valence-corrected chi connectivity index (χ0v) is 18.8. The maximum absolute atomic E-state index is 14.9. The first-order valence-corrected chi connectivity index (χ1v) is 10.7. The highest BCUT2D eigenvalue weighted by molar-refractivity contribution is 5.86. The van der Waals surface area contributed by atoms with E-state index in [0.717, 1.165) is 5.57 Å². The minimum absolute atomic E-state index is 0.0366. The van der Waals surface area contributed by atoms with E-state index in [0.29, 0.717) is 29.5 Å². The lowest BCUT2D eigenvalue weighted by molar-refractivity contribution is 0.381. The van der Waals surface area contributed by atoms with Crippen molar-refractivity contribution in [3.8, 4) is 16.9 Å². The summed E-state index contributed by atoms with van der Waals surface area (Å²) in [5.41, 5.74) is 1.55. The van der Waals surface area contributed by atoms with E-state index in [-0.39, 0.29) is 35.1 Å². The molecule has 0 heterocycles. The standard InChI is InChI=1S/C26H27F5O/c1-12(2)10-16-18(15-8-6-7-9-15)14(5)19(17(26(16)32)11-13(3)4)20-21(27)23(29)25(31)24(30)22(20)28/h6-8,12-13,32H,9-11H2,1-5H3. The lowest BCUT2D eigenvalue weighted by atomic mass is 9.80. The van der Waals surface area contributed by atoms with Gasteiger partial charge in [-0.1, -0.05) is 45.9 Å². The Hall–Kier alpha value is -2.63. The lowest BCUT2D eigenvalue weighted by Gasteiger charge is -2.26. The molecule has 0 atom stereocenters. The summed E-state index contributed by atoms with van der Waals surface area (Å²) in [5, 5.41) is 11.3. The van der Waals surface area contributed by atoms with Gasteiger partial charge in [0.25, 0.3) is 0 Å². The van der Waals surface area contributed by atoms with Crippen LogP contribution in [0.15, 0.2) is 18.2 Å². The first kappa shape index (κ1) is 24.0. The number of phenolic OH excluding ortho intramolecular Hbond substituents is 1. The molecule has 0 amide bonds. The third kappa shape index (κ3) is 4.07. The molecule has 1 aliphatic rings. The zero-order chi connectivity index (χ0) is 23.9. The second-order valence-corrected chi connectivity index (χ2v) is 9.15. The Morgan fingerprint density at radius 3 is 1.66 bits per heavy atom. The van der Waals surface area contributed by atoms with Crippen LogP contribution in [0, 0.1) is 47.8 Å². The van der Waals surface area contributed by atoms with Gasteiger partial charge in [0.2, 0.25) is 5.82 Å². The minimum atomic E-state index is -2.20. The zero-order valence-electron chi connectivity index (χ0n) is 18.8. The van der Waals surface area contributed by atoms with Gasteiger partial charge in [-0.2, -0.15) is 0 Å². The van der Waals surface area contributed by atoms with Crippen molar-refractivity contribution in [2.75, 3.05) is 0 Å². The van der Waals surface area contributed by atoms with Gasteiger partial charge in [-0.3, -0.25) is 0 Å². The molecule has 3 rings (SSSR count). The van der Waals surface area contributed by atoms with Crippen LogP contribution >= 0.6 is 0 Å². The van der Waals surface area contributed by atoms with E-state index in [9.17, 15) is 27.1 Å². The van der Waals surface area contributed by atoms with Gasteiger partial charge >= 0.3 is 0 Å². The number of allylic oxidation sites excluding steroid dienone is 4. The van der Waals surface area contributed by atoms with E-state index in [1.165, 1.54) is 0 Å². The number of rotatable bonds is 6. The summed E-state index contributed by atoms with van der Waals surface area (Å²) in [7, 11) is 0. The first-order chi connectivity index (χ1) is 15.0. The van der Waals surface area contributed by atoms with Crippen molar-refractivity contribution in [1.82, 2.24) is 0 Å². The van der Waals surface area contributed by atoms with Crippen molar-refractivity contribution in [2.45, 2.75) is 53.9 Å². The van der Waals surface area contributed by atoms with Crippen molar-refractivity contribution in [3.63, 3.8) is 0 Å². The second-order valence-electron chi connectivity index (χ2n) is 9.15. The Balaban J connectivity index is 2.51. The average Bonchev–Trinajstić information content (AvgIpc) is 3.24. The molecule has 1 nitrogen and oxygen atoms in total. The smallest absolute Gasteiger partial charge is 0.200 e. The molecular weight excluding hydrogens is 423 g/mol. The van der Waals surface area contributed by atoms with Gasteiger partial charge < -0.3 is 5.11 Å². The van der Waals surface area contributed by atoms with Crippen LogP contribution in [0.2, 0.25) is 0 Å². The number of halogens is 5. The van der Waals surface area contributed by atoms with Crippen molar-refractivity contribution in [2.24, 2.45) is 11.8 Å². The lowest BCUT2D eigenvalue weighted by Crippen LogP contribution is -2.12. The second kappa shape index (κ2) is 9.08. The molecule has 0 radical (unpaired) electrons. The highest BCUT2D eigenvalue weighted by Gasteiger charge is 2.32. The van der Waals surface area contributed by atoms with Crippen LogP contribution in [0.3, 0.4) is 0 Å². The Morgan fingerprint density at radius 2 is 1.22 bits per heavy atom. The molecule has 1 N–H and O–H groups in total. The SMILES string of the molecule is Cc1c(C2=CC=CC2)c(CC(C)C)c(O)c(CC(C)C)c1-c1c(F)c(F)c(F)c(F)c1F. The predicted octanol–water partition coefficient (Wildman–Crippen LogP) is 7.80. The summed E-state index contributed by atoms with van der Waals surface area (Å²) in [5.74, 6) is -9.99. The number of hydrogen-bond donors (Lipinski definition) is 1. The Morgan fingerprint density at radius 1 is 0.750 bits per heavy atom. The fraction of sp³-hybridized carbons (Fsp3) is 0.385. The number of phenols is 1. The number of benzene rings is 2. The number of hydrogen-bond acceptors (Lipinski definition) is 1. The van der Waals surface area contributed by atoms with Crippen LogP contribution in [0.1, 0.15) is 56.4 Å². The van der Waals surface area contributed by atoms with Crippen molar-refractivity contribution in [3.05, 3.63) is 69.6 Å². The number of aromatic hydroxyl groups is 1. The van der Waals surface area contributed by atoms with Gasteiger partial charge in [0, 0.05) is 11.1 Å². The summed E-state index contributed by atoms with van der Waals surface area (Å²) in [4.78, 5) is 0. The van der Waals surface area contributed by atoms with Gasteiger partial charge in [-0.25, -0.2) is 22.0 Å². The van der Waals surface area contributed by atoms with Gasteiger partial charge in [-0.05, 0) is 60.3 Å². The van der Waals surface area contributed by atoms with E-state index >= 15 is 0 Å². The predicted molar refractivity (Wildman–Crippen MR) is 117 cm³/mol. The fourth-order valence-corrected chi connectivity index (χ4v) is 4.44. The quantitative estimate of drug-likeness (QED) is 0.270. The molecule has 172 valence electrons. The topological polar surface area (TPSA) is 20.2 Å². The summed E-state index contributed by atoms with van der Waals surface area (Å²) in [6.07, 6.45) is 6.85. The van der Waals surface area contributed by atoms with Gasteiger partial charge in [0.15, 0.2) is 23.3 Å².